The van der Waals surface area contributed by atoms with E-state index < -0.39 is 0 Å². The maximum absolute atomic E-state index is 5.30. The van der Waals surface area contributed by atoms with Gasteiger partial charge >= 0.3 is 0 Å². The molecule has 1 aliphatic carbocycles. The van der Waals surface area contributed by atoms with Crippen LogP contribution in [-0.2, 0) is 4.74 Å². The SMILES string of the molecule is CCC(CC)(CNC(COC)C1CC1)SC. The number of hydrogen-bond acceptors (Lipinski definition) is 3. The fraction of sp³-hybridized carbons (Fsp3) is 1.00. The molecule has 3 heteroatoms. The minimum absolute atomic E-state index is 0.418. The van der Waals surface area contributed by atoms with Crippen LogP contribution in [0.15, 0.2) is 0 Å². The first-order valence-corrected chi connectivity index (χ1v) is 7.71. The van der Waals surface area contributed by atoms with Crippen molar-refractivity contribution >= 4 is 11.8 Å². The van der Waals surface area contributed by atoms with Crippen LogP contribution in [0.3, 0.4) is 0 Å². The van der Waals surface area contributed by atoms with Gasteiger partial charge in [0.15, 0.2) is 0 Å². The summed E-state index contributed by atoms with van der Waals surface area (Å²) >= 11 is 2.01. The summed E-state index contributed by atoms with van der Waals surface area (Å²) < 4.78 is 5.72. The summed E-state index contributed by atoms with van der Waals surface area (Å²) in [5, 5.41) is 3.73. The number of ether oxygens (including phenoxy) is 1. The average Bonchev–Trinajstić information content (AvgIpc) is 3.14. The summed E-state index contributed by atoms with van der Waals surface area (Å²) in [6, 6.07) is 0.578. The first-order valence-electron chi connectivity index (χ1n) is 6.48. The first-order chi connectivity index (χ1) is 7.71. The first kappa shape index (κ1) is 14.3. The third kappa shape index (κ3) is 3.94. The van der Waals surface area contributed by atoms with E-state index in [-0.39, 0.29) is 0 Å². The van der Waals surface area contributed by atoms with Gasteiger partial charge in [-0.25, -0.2) is 0 Å². The molecule has 96 valence electrons. The molecule has 1 aliphatic rings. The number of nitrogens with one attached hydrogen (secondary N) is 1. The number of hydrogen-bond donors (Lipinski definition) is 1. The minimum atomic E-state index is 0.418. The van der Waals surface area contributed by atoms with E-state index in [0.717, 1.165) is 19.1 Å². The summed E-state index contributed by atoms with van der Waals surface area (Å²) in [4.78, 5) is 0. The fourth-order valence-electron chi connectivity index (χ4n) is 2.22. The zero-order chi connectivity index (χ0) is 12.0. The van der Waals surface area contributed by atoms with Crippen LogP contribution in [0, 0.1) is 5.92 Å². The molecular formula is C13H27NOS. The molecule has 0 heterocycles. The fourth-order valence-corrected chi connectivity index (χ4v) is 3.02. The Bertz CT molecular complexity index is 182. The molecule has 16 heavy (non-hydrogen) atoms. The molecular weight excluding hydrogens is 218 g/mol. The van der Waals surface area contributed by atoms with Crippen LogP contribution < -0.4 is 5.32 Å². The maximum Gasteiger partial charge on any atom is 0.0618 e. The Hall–Kier alpha value is 0.270. The third-order valence-electron chi connectivity index (χ3n) is 3.95. The summed E-state index contributed by atoms with van der Waals surface area (Å²) in [5.41, 5.74) is 0. The van der Waals surface area contributed by atoms with E-state index >= 15 is 0 Å². The van der Waals surface area contributed by atoms with Crippen molar-refractivity contribution in [3.05, 3.63) is 0 Å². The molecule has 0 amide bonds. The zero-order valence-corrected chi connectivity index (χ0v) is 12.0. The van der Waals surface area contributed by atoms with E-state index in [1.165, 1.54) is 25.7 Å². The lowest BCUT2D eigenvalue weighted by atomic mass is 10.0. The molecule has 0 aromatic heterocycles. The van der Waals surface area contributed by atoms with Crippen molar-refractivity contribution in [1.82, 2.24) is 5.32 Å². The maximum atomic E-state index is 5.30. The monoisotopic (exact) mass is 245 g/mol. The van der Waals surface area contributed by atoms with Gasteiger partial charge in [-0.05, 0) is 37.9 Å². The van der Waals surface area contributed by atoms with Crippen LogP contribution in [0.2, 0.25) is 0 Å². The average molecular weight is 245 g/mol. The molecule has 2 nitrogen and oxygen atoms in total. The highest BCUT2D eigenvalue weighted by molar-refractivity contribution is 8.00. The van der Waals surface area contributed by atoms with Crippen molar-refractivity contribution < 1.29 is 4.74 Å². The van der Waals surface area contributed by atoms with Gasteiger partial charge in [-0.3, -0.25) is 0 Å². The molecule has 0 saturated heterocycles. The Morgan fingerprint density at radius 2 is 2.00 bits per heavy atom. The molecule has 1 saturated carbocycles. The predicted molar refractivity (Wildman–Crippen MR) is 73.2 cm³/mol. The smallest absolute Gasteiger partial charge is 0.0618 e. The molecule has 0 aromatic rings. The number of rotatable bonds is 9. The second-order valence-corrected chi connectivity index (χ2v) is 6.15. The van der Waals surface area contributed by atoms with Gasteiger partial charge in [0.2, 0.25) is 0 Å². The lowest BCUT2D eigenvalue weighted by Gasteiger charge is -2.32. The topological polar surface area (TPSA) is 21.3 Å². The van der Waals surface area contributed by atoms with Gasteiger partial charge in [0.1, 0.15) is 0 Å². The summed E-state index contributed by atoms with van der Waals surface area (Å²) in [6.45, 7) is 6.57. The van der Waals surface area contributed by atoms with Gasteiger partial charge < -0.3 is 10.1 Å². The van der Waals surface area contributed by atoms with Crippen LogP contribution in [0.5, 0.6) is 0 Å². The lowest BCUT2D eigenvalue weighted by molar-refractivity contribution is 0.155. The van der Waals surface area contributed by atoms with E-state index in [1.54, 1.807) is 7.11 Å². The van der Waals surface area contributed by atoms with Crippen LogP contribution in [0.25, 0.3) is 0 Å². The van der Waals surface area contributed by atoms with E-state index in [1.807, 2.05) is 11.8 Å². The van der Waals surface area contributed by atoms with Crippen LogP contribution in [-0.4, -0.2) is 37.3 Å². The summed E-state index contributed by atoms with van der Waals surface area (Å²) in [5.74, 6) is 0.869. The lowest BCUT2D eigenvalue weighted by Crippen LogP contribution is -2.44. The van der Waals surface area contributed by atoms with Gasteiger partial charge in [0, 0.05) is 24.4 Å². The van der Waals surface area contributed by atoms with Crippen LogP contribution in [0.4, 0.5) is 0 Å². The van der Waals surface area contributed by atoms with Crippen molar-refractivity contribution in [2.45, 2.75) is 50.3 Å². The molecule has 1 unspecified atom stereocenters. The second-order valence-electron chi connectivity index (χ2n) is 4.87. The molecule has 1 fully saturated rings. The van der Waals surface area contributed by atoms with E-state index in [0.29, 0.717) is 10.8 Å². The highest BCUT2D eigenvalue weighted by Gasteiger charge is 2.33. The Morgan fingerprint density at radius 1 is 1.38 bits per heavy atom. The molecule has 1 atom stereocenters. The van der Waals surface area contributed by atoms with Crippen molar-refractivity contribution in [2.75, 3.05) is 26.5 Å². The Morgan fingerprint density at radius 3 is 2.38 bits per heavy atom. The minimum Gasteiger partial charge on any atom is -0.383 e. The third-order valence-corrected chi connectivity index (χ3v) is 5.53. The molecule has 1 N–H and O–H groups in total. The molecule has 0 aromatic carbocycles. The Kier molecular flexibility index (Phi) is 6.16. The second kappa shape index (κ2) is 6.87. The largest absolute Gasteiger partial charge is 0.383 e. The summed E-state index contributed by atoms with van der Waals surface area (Å²) in [7, 11) is 1.80. The van der Waals surface area contributed by atoms with Gasteiger partial charge in [0.05, 0.1) is 6.61 Å². The quantitative estimate of drug-likeness (QED) is 0.675. The predicted octanol–water partition coefficient (Wildman–Crippen LogP) is 2.92. The van der Waals surface area contributed by atoms with Gasteiger partial charge in [-0.15, -0.1) is 0 Å². The van der Waals surface area contributed by atoms with E-state index in [4.69, 9.17) is 4.74 Å². The molecule has 0 bridgehead atoms. The van der Waals surface area contributed by atoms with Gasteiger partial charge in [0.25, 0.3) is 0 Å². The molecule has 0 spiro atoms. The number of thioether (sulfide) groups is 1. The number of methoxy groups -OCH3 is 1. The van der Waals surface area contributed by atoms with E-state index in [2.05, 4.69) is 25.4 Å². The standard InChI is InChI=1S/C13H27NOS/c1-5-13(6-2,16-4)10-14-12(9-15-3)11-7-8-11/h11-12,14H,5-10H2,1-4H3. The Labute approximate surface area is 105 Å². The highest BCUT2D eigenvalue weighted by atomic mass is 32.2. The van der Waals surface area contributed by atoms with Crippen LogP contribution >= 0.6 is 11.8 Å². The molecule has 0 aliphatic heterocycles. The van der Waals surface area contributed by atoms with E-state index in [9.17, 15) is 0 Å². The van der Waals surface area contributed by atoms with Gasteiger partial charge in [-0.1, -0.05) is 13.8 Å². The van der Waals surface area contributed by atoms with Crippen molar-refractivity contribution in [3.63, 3.8) is 0 Å². The summed E-state index contributed by atoms with van der Waals surface area (Å²) in [6.07, 6.45) is 7.47. The van der Waals surface area contributed by atoms with Crippen molar-refractivity contribution in [1.29, 1.82) is 0 Å². The van der Waals surface area contributed by atoms with Crippen molar-refractivity contribution in [2.24, 2.45) is 5.92 Å². The van der Waals surface area contributed by atoms with Crippen LogP contribution in [0.1, 0.15) is 39.5 Å². The molecule has 1 rings (SSSR count). The van der Waals surface area contributed by atoms with Gasteiger partial charge in [-0.2, -0.15) is 11.8 Å². The highest BCUT2D eigenvalue weighted by Crippen LogP contribution is 2.34. The Balaban J connectivity index is 2.39. The molecule has 0 radical (unpaired) electrons. The normalized spacial score (nSPS) is 18.8. The van der Waals surface area contributed by atoms with Crippen molar-refractivity contribution in [3.8, 4) is 0 Å². The zero-order valence-electron chi connectivity index (χ0n) is 11.2.